The number of thioether (sulfide) groups is 1. The van der Waals surface area contributed by atoms with E-state index in [9.17, 15) is 17.6 Å². The summed E-state index contributed by atoms with van der Waals surface area (Å²) in [4.78, 5) is 17.9. The lowest BCUT2D eigenvalue weighted by Crippen LogP contribution is -2.46. The van der Waals surface area contributed by atoms with Crippen molar-refractivity contribution in [2.24, 2.45) is 0 Å². The fourth-order valence-electron chi connectivity index (χ4n) is 4.28. The highest BCUT2D eigenvalue weighted by Gasteiger charge is 2.41. The number of hydrogen-bond acceptors (Lipinski definition) is 5. The number of hydrogen-bond donors (Lipinski definition) is 1. The van der Waals surface area contributed by atoms with E-state index in [2.05, 4.69) is 10.3 Å². The molecule has 0 unspecified atom stereocenters. The summed E-state index contributed by atoms with van der Waals surface area (Å²) in [5, 5.41) is 2.09. The van der Waals surface area contributed by atoms with Crippen LogP contribution >= 0.6 is 11.8 Å². The molecule has 188 valence electrons. The lowest BCUT2D eigenvalue weighted by molar-refractivity contribution is -0.122. The lowest BCUT2D eigenvalue weighted by Gasteiger charge is -2.25. The first-order valence-electron chi connectivity index (χ1n) is 11.7. The van der Waals surface area contributed by atoms with Gasteiger partial charge in [0.05, 0.1) is 16.6 Å². The molecule has 1 aliphatic rings. The predicted molar refractivity (Wildman–Crippen MR) is 143 cm³/mol. The molecule has 3 aromatic carbocycles. The van der Waals surface area contributed by atoms with E-state index in [1.165, 1.54) is 34.3 Å². The van der Waals surface area contributed by atoms with Crippen molar-refractivity contribution in [2.45, 2.75) is 16.3 Å². The molecule has 37 heavy (non-hydrogen) atoms. The van der Waals surface area contributed by atoms with E-state index in [1.807, 2.05) is 42.5 Å². The second-order valence-electron chi connectivity index (χ2n) is 8.45. The molecule has 0 spiro atoms. The molecule has 4 aromatic rings. The Kier molecular flexibility index (Phi) is 7.36. The number of carbonyl (C=O) groups excluding carboxylic acids is 1. The van der Waals surface area contributed by atoms with Crippen molar-refractivity contribution < 1.29 is 17.6 Å². The number of aromatic nitrogens is 1. The molecular formula is C28H24FN3O3S2. The monoisotopic (exact) mass is 533 g/mol. The van der Waals surface area contributed by atoms with Gasteiger partial charge in [0.15, 0.2) is 0 Å². The summed E-state index contributed by atoms with van der Waals surface area (Å²) >= 11 is 1.28. The van der Waals surface area contributed by atoms with Gasteiger partial charge in [-0.05, 0) is 41.5 Å². The van der Waals surface area contributed by atoms with Crippen LogP contribution in [0.2, 0.25) is 0 Å². The maximum atomic E-state index is 14.2. The van der Waals surface area contributed by atoms with E-state index in [0.29, 0.717) is 22.6 Å². The smallest absolute Gasteiger partial charge is 0.249 e. The Labute approximate surface area is 219 Å². The largest absolute Gasteiger partial charge is 0.341 e. The molecule has 1 amide bonds. The van der Waals surface area contributed by atoms with Crippen LogP contribution < -0.4 is 5.32 Å². The standard InChI is InChI=1S/C28H24FN3O3S2/c29-24-11-5-4-10-23(24)20-13-15-22(16-14-20)37(34,35)32-18-19-36-28(32)27(33)31-26(21-8-2-1-3-9-21)25-12-6-7-17-30-25/h1-17,26,28H,18-19H2,(H,31,33)/t26-,28+/m1/s1. The quantitative estimate of drug-likeness (QED) is 0.367. The van der Waals surface area contributed by atoms with Crippen molar-refractivity contribution in [3.8, 4) is 11.1 Å². The number of pyridine rings is 1. The van der Waals surface area contributed by atoms with Crippen LogP contribution in [0.25, 0.3) is 11.1 Å². The third-order valence-corrected chi connectivity index (χ3v) is 9.34. The number of amides is 1. The number of nitrogens with one attached hydrogen (secondary N) is 1. The number of sulfonamides is 1. The van der Waals surface area contributed by atoms with Crippen LogP contribution in [0.1, 0.15) is 17.3 Å². The maximum absolute atomic E-state index is 14.2. The van der Waals surface area contributed by atoms with Crippen molar-refractivity contribution in [2.75, 3.05) is 12.3 Å². The molecule has 6 nitrogen and oxygen atoms in total. The van der Waals surface area contributed by atoms with Crippen molar-refractivity contribution in [3.63, 3.8) is 0 Å². The molecule has 1 N–H and O–H groups in total. The van der Waals surface area contributed by atoms with Gasteiger partial charge in [0.2, 0.25) is 15.9 Å². The zero-order valence-electron chi connectivity index (χ0n) is 19.7. The minimum atomic E-state index is -3.96. The summed E-state index contributed by atoms with van der Waals surface area (Å²) in [6.45, 7) is 0.208. The normalized spacial score (nSPS) is 16.8. The minimum absolute atomic E-state index is 0.0530. The molecular weight excluding hydrogens is 509 g/mol. The van der Waals surface area contributed by atoms with E-state index in [1.54, 1.807) is 42.6 Å². The average molecular weight is 534 g/mol. The molecule has 2 atom stereocenters. The van der Waals surface area contributed by atoms with Gasteiger partial charge in [0.1, 0.15) is 11.2 Å². The Morgan fingerprint density at radius 2 is 1.65 bits per heavy atom. The van der Waals surface area contributed by atoms with Gasteiger partial charge in [-0.2, -0.15) is 4.31 Å². The molecule has 1 aromatic heterocycles. The van der Waals surface area contributed by atoms with Gasteiger partial charge in [-0.25, -0.2) is 12.8 Å². The SMILES string of the molecule is O=C(N[C@H](c1ccccc1)c1ccccn1)[C@@H]1SCCN1S(=O)(=O)c1ccc(-c2ccccc2F)cc1. The highest BCUT2D eigenvalue weighted by Crippen LogP contribution is 2.32. The molecule has 1 aliphatic heterocycles. The van der Waals surface area contributed by atoms with Crippen LogP contribution in [-0.4, -0.2) is 41.3 Å². The summed E-state index contributed by atoms with van der Waals surface area (Å²) in [7, 11) is -3.96. The second kappa shape index (κ2) is 10.8. The number of benzene rings is 3. The van der Waals surface area contributed by atoms with Crippen LogP contribution in [0.3, 0.4) is 0 Å². The lowest BCUT2D eigenvalue weighted by atomic mass is 10.0. The van der Waals surface area contributed by atoms with E-state index >= 15 is 0 Å². The molecule has 1 fully saturated rings. The zero-order valence-corrected chi connectivity index (χ0v) is 21.3. The van der Waals surface area contributed by atoms with Gasteiger partial charge in [0, 0.05) is 24.1 Å². The Bertz CT molecular complexity index is 1440. The summed E-state index contributed by atoms with van der Waals surface area (Å²) in [6.07, 6.45) is 1.66. The van der Waals surface area contributed by atoms with E-state index in [0.717, 1.165) is 5.56 Å². The predicted octanol–water partition coefficient (Wildman–Crippen LogP) is 4.86. The van der Waals surface area contributed by atoms with Crippen LogP contribution in [0.5, 0.6) is 0 Å². The first-order chi connectivity index (χ1) is 17.9. The fraction of sp³-hybridized carbons (Fsp3) is 0.143. The summed E-state index contributed by atoms with van der Waals surface area (Å²) in [5.74, 6) is -0.301. The molecule has 0 radical (unpaired) electrons. The minimum Gasteiger partial charge on any atom is -0.341 e. The molecule has 2 heterocycles. The van der Waals surface area contributed by atoms with Gasteiger partial charge >= 0.3 is 0 Å². The van der Waals surface area contributed by atoms with Gasteiger partial charge in [-0.15, -0.1) is 11.8 Å². The maximum Gasteiger partial charge on any atom is 0.249 e. The van der Waals surface area contributed by atoms with E-state index < -0.39 is 27.3 Å². The van der Waals surface area contributed by atoms with Gasteiger partial charge in [-0.3, -0.25) is 9.78 Å². The van der Waals surface area contributed by atoms with Crippen molar-refractivity contribution in [1.29, 1.82) is 0 Å². The third-order valence-electron chi connectivity index (χ3n) is 6.12. The van der Waals surface area contributed by atoms with E-state index in [4.69, 9.17) is 0 Å². The first kappa shape index (κ1) is 25.1. The number of nitrogens with zero attached hydrogens (tertiary/aromatic N) is 2. The summed E-state index contributed by atoms with van der Waals surface area (Å²) in [5.41, 5.74) is 2.46. The molecule has 5 rings (SSSR count). The summed E-state index contributed by atoms with van der Waals surface area (Å²) < 4.78 is 42.5. The number of carbonyl (C=O) groups is 1. The zero-order chi connectivity index (χ0) is 25.8. The molecule has 1 saturated heterocycles. The Morgan fingerprint density at radius 1 is 0.946 bits per heavy atom. The van der Waals surface area contributed by atoms with Gasteiger partial charge in [0.25, 0.3) is 0 Å². The third kappa shape index (κ3) is 5.29. The molecule has 9 heteroatoms. The van der Waals surface area contributed by atoms with Gasteiger partial charge in [-0.1, -0.05) is 66.7 Å². The summed E-state index contributed by atoms with van der Waals surface area (Å²) in [6, 6.07) is 26.8. The molecule has 0 bridgehead atoms. The number of rotatable bonds is 7. The van der Waals surface area contributed by atoms with Crippen LogP contribution in [0, 0.1) is 5.82 Å². The Balaban J connectivity index is 1.39. The Morgan fingerprint density at radius 3 is 2.35 bits per heavy atom. The molecule has 0 aliphatic carbocycles. The number of halogens is 1. The topological polar surface area (TPSA) is 79.4 Å². The molecule has 0 saturated carbocycles. The first-order valence-corrected chi connectivity index (χ1v) is 14.2. The van der Waals surface area contributed by atoms with Crippen LogP contribution in [0.4, 0.5) is 4.39 Å². The van der Waals surface area contributed by atoms with Crippen molar-refractivity contribution in [3.05, 3.63) is 120 Å². The fourth-order valence-corrected chi connectivity index (χ4v) is 7.36. The van der Waals surface area contributed by atoms with Crippen molar-refractivity contribution >= 4 is 27.7 Å². The average Bonchev–Trinajstić information content (AvgIpc) is 3.44. The van der Waals surface area contributed by atoms with Gasteiger partial charge < -0.3 is 5.32 Å². The van der Waals surface area contributed by atoms with Crippen LogP contribution in [-0.2, 0) is 14.8 Å². The highest BCUT2D eigenvalue weighted by atomic mass is 32.2. The Hall–Kier alpha value is -3.53. The van der Waals surface area contributed by atoms with Crippen molar-refractivity contribution in [1.82, 2.24) is 14.6 Å². The highest BCUT2D eigenvalue weighted by molar-refractivity contribution is 8.02. The van der Waals surface area contributed by atoms with Crippen LogP contribution in [0.15, 0.2) is 108 Å². The van der Waals surface area contributed by atoms with E-state index in [-0.39, 0.29) is 17.3 Å². The second-order valence-corrected chi connectivity index (χ2v) is 11.5.